The summed E-state index contributed by atoms with van der Waals surface area (Å²) in [5, 5.41) is 14.0. The predicted octanol–water partition coefficient (Wildman–Crippen LogP) is 0.636. The van der Waals surface area contributed by atoms with Crippen molar-refractivity contribution in [3.05, 3.63) is 0 Å². The first kappa shape index (κ1) is 15.3. The van der Waals surface area contributed by atoms with Crippen LogP contribution in [0.25, 0.3) is 0 Å². The maximum atomic E-state index is 11.7. The highest BCUT2D eigenvalue weighted by Gasteiger charge is 2.37. The molecule has 108 valence electrons. The lowest BCUT2D eigenvalue weighted by molar-refractivity contribution is -0.142. The summed E-state index contributed by atoms with van der Waals surface area (Å²) in [5.74, 6) is -1.45. The first-order valence-corrected chi connectivity index (χ1v) is 6.41. The van der Waals surface area contributed by atoms with Crippen LogP contribution in [0, 0.1) is 0 Å². The number of ether oxygens (including phenoxy) is 1. The molecule has 0 aromatic carbocycles. The van der Waals surface area contributed by atoms with Crippen LogP contribution in [0.4, 0.5) is 4.79 Å². The SMILES string of the molecule is CCOC(=O)CNC(=O)NC1(CC(=O)O)CCCC1. The Kier molecular flexibility index (Phi) is 5.59. The zero-order chi connectivity index (χ0) is 14.3. The zero-order valence-corrected chi connectivity index (χ0v) is 11.0. The molecule has 1 saturated carbocycles. The third kappa shape index (κ3) is 5.15. The Balaban J connectivity index is 2.44. The number of carboxylic acid groups (broad SMARTS) is 1. The lowest BCUT2D eigenvalue weighted by Crippen LogP contribution is -2.52. The summed E-state index contributed by atoms with van der Waals surface area (Å²) >= 11 is 0. The third-order valence-electron chi connectivity index (χ3n) is 3.13. The van der Waals surface area contributed by atoms with Gasteiger partial charge >= 0.3 is 18.0 Å². The van der Waals surface area contributed by atoms with Gasteiger partial charge in [0.1, 0.15) is 6.54 Å². The Hall–Kier alpha value is -1.79. The number of carboxylic acids is 1. The summed E-state index contributed by atoms with van der Waals surface area (Å²) in [7, 11) is 0. The van der Waals surface area contributed by atoms with Gasteiger partial charge in [0.15, 0.2) is 0 Å². The minimum absolute atomic E-state index is 0.0974. The number of carbonyl (C=O) groups excluding carboxylic acids is 2. The first-order valence-electron chi connectivity index (χ1n) is 6.41. The predicted molar refractivity (Wildman–Crippen MR) is 66.6 cm³/mol. The average Bonchev–Trinajstić information content (AvgIpc) is 2.74. The minimum Gasteiger partial charge on any atom is -0.481 e. The highest BCUT2D eigenvalue weighted by Crippen LogP contribution is 2.32. The van der Waals surface area contributed by atoms with Gasteiger partial charge in [-0.05, 0) is 19.8 Å². The van der Waals surface area contributed by atoms with Gasteiger partial charge in [-0.3, -0.25) is 9.59 Å². The number of carbonyl (C=O) groups is 3. The number of esters is 1. The van der Waals surface area contributed by atoms with Gasteiger partial charge in [0.25, 0.3) is 0 Å². The smallest absolute Gasteiger partial charge is 0.325 e. The minimum atomic E-state index is -0.937. The molecule has 19 heavy (non-hydrogen) atoms. The molecule has 0 aliphatic heterocycles. The number of urea groups is 1. The molecule has 0 heterocycles. The fourth-order valence-electron chi connectivity index (χ4n) is 2.34. The van der Waals surface area contributed by atoms with Crippen molar-refractivity contribution in [3.63, 3.8) is 0 Å². The highest BCUT2D eigenvalue weighted by atomic mass is 16.5. The fourth-order valence-corrected chi connectivity index (χ4v) is 2.34. The molecule has 1 aliphatic carbocycles. The molecule has 7 heteroatoms. The van der Waals surface area contributed by atoms with Gasteiger partial charge in [0, 0.05) is 0 Å². The molecule has 0 saturated heterocycles. The van der Waals surface area contributed by atoms with E-state index in [1.165, 1.54) is 0 Å². The molecule has 7 nitrogen and oxygen atoms in total. The zero-order valence-electron chi connectivity index (χ0n) is 11.0. The van der Waals surface area contributed by atoms with Gasteiger partial charge in [0.05, 0.1) is 18.6 Å². The van der Waals surface area contributed by atoms with E-state index in [0.29, 0.717) is 12.8 Å². The number of amides is 2. The van der Waals surface area contributed by atoms with Crippen LogP contribution in [0.5, 0.6) is 0 Å². The number of rotatable bonds is 6. The molecule has 1 fully saturated rings. The maximum absolute atomic E-state index is 11.7. The highest BCUT2D eigenvalue weighted by molar-refractivity contribution is 5.81. The van der Waals surface area contributed by atoms with Gasteiger partial charge in [-0.15, -0.1) is 0 Å². The Morgan fingerprint density at radius 1 is 1.26 bits per heavy atom. The normalized spacial score (nSPS) is 16.7. The van der Waals surface area contributed by atoms with Crippen molar-refractivity contribution >= 4 is 18.0 Å². The second kappa shape index (κ2) is 6.96. The lowest BCUT2D eigenvalue weighted by atomic mass is 9.93. The molecule has 0 atom stereocenters. The van der Waals surface area contributed by atoms with E-state index in [9.17, 15) is 14.4 Å². The molecule has 0 unspecified atom stereocenters. The first-order chi connectivity index (χ1) is 8.97. The van der Waals surface area contributed by atoms with Crippen LogP contribution in [0.3, 0.4) is 0 Å². The van der Waals surface area contributed by atoms with Crippen molar-refractivity contribution in [3.8, 4) is 0 Å². The Morgan fingerprint density at radius 2 is 1.89 bits per heavy atom. The summed E-state index contributed by atoms with van der Waals surface area (Å²) in [4.78, 5) is 33.6. The van der Waals surface area contributed by atoms with Crippen LogP contribution < -0.4 is 10.6 Å². The molecule has 1 rings (SSSR count). The molecule has 0 radical (unpaired) electrons. The molecular weight excluding hydrogens is 252 g/mol. The van der Waals surface area contributed by atoms with E-state index in [4.69, 9.17) is 5.11 Å². The number of nitrogens with one attached hydrogen (secondary N) is 2. The average molecular weight is 272 g/mol. The van der Waals surface area contributed by atoms with E-state index < -0.39 is 23.5 Å². The fraction of sp³-hybridized carbons (Fsp3) is 0.750. The second-order valence-corrected chi connectivity index (χ2v) is 4.67. The summed E-state index contributed by atoms with van der Waals surface area (Å²) in [6, 6.07) is -0.531. The van der Waals surface area contributed by atoms with E-state index in [0.717, 1.165) is 12.8 Å². The van der Waals surface area contributed by atoms with Crippen molar-refractivity contribution < 1.29 is 24.2 Å². The van der Waals surface area contributed by atoms with E-state index in [1.54, 1.807) is 6.92 Å². The molecule has 0 spiro atoms. The topological polar surface area (TPSA) is 105 Å². The molecular formula is C12H20N2O5. The van der Waals surface area contributed by atoms with E-state index in [1.807, 2.05) is 0 Å². The maximum Gasteiger partial charge on any atom is 0.325 e. The molecule has 3 N–H and O–H groups in total. The van der Waals surface area contributed by atoms with Crippen molar-refractivity contribution in [1.82, 2.24) is 10.6 Å². The number of aliphatic carboxylic acids is 1. The van der Waals surface area contributed by atoms with Crippen LogP contribution in [0.1, 0.15) is 39.0 Å². The van der Waals surface area contributed by atoms with Crippen LogP contribution >= 0.6 is 0 Å². The Morgan fingerprint density at radius 3 is 2.42 bits per heavy atom. The summed E-state index contributed by atoms with van der Waals surface area (Å²) in [6.45, 7) is 1.71. The summed E-state index contributed by atoms with van der Waals surface area (Å²) < 4.78 is 4.68. The second-order valence-electron chi connectivity index (χ2n) is 4.67. The van der Waals surface area contributed by atoms with E-state index in [-0.39, 0.29) is 19.6 Å². The summed E-state index contributed by atoms with van der Waals surface area (Å²) in [5.41, 5.74) is -0.690. The third-order valence-corrected chi connectivity index (χ3v) is 3.13. The number of hydrogen-bond donors (Lipinski definition) is 3. The molecule has 1 aliphatic rings. The van der Waals surface area contributed by atoms with Crippen molar-refractivity contribution in [2.24, 2.45) is 0 Å². The molecule has 0 aromatic rings. The number of hydrogen-bond acceptors (Lipinski definition) is 4. The van der Waals surface area contributed by atoms with Crippen molar-refractivity contribution in [1.29, 1.82) is 0 Å². The van der Waals surface area contributed by atoms with E-state index >= 15 is 0 Å². The van der Waals surface area contributed by atoms with E-state index in [2.05, 4.69) is 15.4 Å². The monoisotopic (exact) mass is 272 g/mol. The standard InChI is InChI=1S/C12H20N2O5/c1-2-19-10(17)8-13-11(18)14-12(7-9(15)16)5-3-4-6-12/h2-8H2,1H3,(H,15,16)(H2,13,14,18). The van der Waals surface area contributed by atoms with Crippen LogP contribution in [-0.2, 0) is 14.3 Å². The lowest BCUT2D eigenvalue weighted by Gasteiger charge is -2.28. The van der Waals surface area contributed by atoms with Crippen molar-refractivity contribution in [2.75, 3.05) is 13.2 Å². The Bertz CT molecular complexity index is 350. The molecule has 0 aromatic heterocycles. The quantitative estimate of drug-likeness (QED) is 0.615. The van der Waals surface area contributed by atoms with Gasteiger partial charge in [-0.2, -0.15) is 0 Å². The molecule has 0 bridgehead atoms. The van der Waals surface area contributed by atoms with Gasteiger partial charge in [-0.25, -0.2) is 4.79 Å². The largest absolute Gasteiger partial charge is 0.481 e. The van der Waals surface area contributed by atoms with Crippen molar-refractivity contribution in [2.45, 2.75) is 44.6 Å². The van der Waals surface area contributed by atoms with Gasteiger partial charge < -0.3 is 20.5 Å². The van der Waals surface area contributed by atoms with Crippen LogP contribution in [-0.4, -0.2) is 41.8 Å². The summed E-state index contributed by atoms with van der Waals surface area (Å²) in [6.07, 6.45) is 2.98. The van der Waals surface area contributed by atoms with Gasteiger partial charge in [0.2, 0.25) is 0 Å². The van der Waals surface area contributed by atoms with Gasteiger partial charge in [-0.1, -0.05) is 12.8 Å². The van der Waals surface area contributed by atoms with Crippen LogP contribution in [0.2, 0.25) is 0 Å². The Labute approximate surface area is 111 Å². The van der Waals surface area contributed by atoms with Crippen LogP contribution in [0.15, 0.2) is 0 Å². The molecule has 2 amide bonds.